The minimum atomic E-state index is -3.03. The predicted molar refractivity (Wildman–Crippen MR) is 63.3 cm³/mol. The Bertz CT molecular complexity index is 313. The maximum atomic E-state index is 11.3. The topological polar surface area (TPSA) is 74.7 Å². The van der Waals surface area contributed by atoms with Crippen molar-refractivity contribution < 1.29 is 18.3 Å². The first-order valence-corrected chi connectivity index (χ1v) is 7.30. The highest BCUT2D eigenvalue weighted by Crippen LogP contribution is 2.04. The van der Waals surface area contributed by atoms with Crippen molar-refractivity contribution in [3.05, 3.63) is 0 Å². The Hall–Kier alpha value is -0.620. The van der Waals surface area contributed by atoms with E-state index in [2.05, 4.69) is 0 Å². The summed E-state index contributed by atoms with van der Waals surface area (Å²) in [4.78, 5) is 12.3. The number of carbonyl (C=O) groups is 1. The molecule has 0 radical (unpaired) electrons. The highest BCUT2D eigenvalue weighted by molar-refractivity contribution is 7.91. The molecule has 0 saturated heterocycles. The summed E-state index contributed by atoms with van der Waals surface area (Å²) < 4.78 is 22.7. The third kappa shape index (κ3) is 6.07. The first kappa shape index (κ1) is 15.4. The molecule has 0 fully saturated rings. The summed E-state index contributed by atoms with van der Waals surface area (Å²) in [7, 11) is -3.03. The van der Waals surface area contributed by atoms with Crippen LogP contribution in [0.5, 0.6) is 0 Å². The smallest absolute Gasteiger partial charge is 0.317 e. The molecular formula is C10H21NO4S. The van der Waals surface area contributed by atoms with Gasteiger partial charge in [-0.05, 0) is 13.3 Å². The van der Waals surface area contributed by atoms with Crippen LogP contribution in [0.15, 0.2) is 0 Å². The maximum Gasteiger partial charge on any atom is 0.317 e. The molecule has 0 spiro atoms. The molecule has 5 nitrogen and oxygen atoms in total. The van der Waals surface area contributed by atoms with Crippen LogP contribution in [0.1, 0.15) is 27.2 Å². The molecule has 0 aliphatic carbocycles. The van der Waals surface area contributed by atoms with Gasteiger partial charge in [0.15, 0.2) is 9.84 Å². The van der Waals surface area contributed by atoms with Crippen LogP contribution in [0.25, 0.3) is 0 Å². The summed E-state index contributed by atoms with van der Waals surface area (Å²) in [5.74, 6) is -0.788. The Morgan fingerprint density at radius 3 is 2.31 bits per heavy atom. The number of sulfone groups is 1. The first-order valence-electron chi connectivity index (χ1n) is 5.48. The minimum Gasteiger partial charge on any atom is -0.480 e. The van der Waals surface area contributed by atoms with Gasteiger partial charge in [0.1, 0.15) is 0 Å². The van der Waals surface area contributed by atoms with Crippen molar-refractivity contribution >= 4 is 15.8 Å². The Morgan fingerprint density at radius 2 is 1.94 bits per heavy atom. The zero-order valence-corrected chi connectivity index (χ0v) is 11.0. The molecule has 0 aromatic carbocycles. The molecule has 0 bridgehead atoms. The van der Waals surface area contributed by atoms with E-state index < -0.39 is 15.8 Å². The van der Waals surface area contributed by atoms with Crippen molar-refractivity contribution in [3.8, 4) is 0 Å². The van der Waals surface area contributed by atoms with E-state index in [9.17, 15) is 13.2 Å². The van der Waals surface area contributed by atoms with Gasteiger partial charge in [-0.3, -0.25) is 9.69 Å². The SMILES string of the molecule is CCC(C)N(CCS(=O)(=O)CC)CC(=O)O. The fraction of sp³-hybridized carbons (Fsp3) is 0.900. The van der Waals surface area contributed by atoms with E-state index in [1.165, 1.54) is 0 Å². The molecule has 6 heteroatoms. The van der Waals surface area contributed by atoms with Gasteiger partial charge in [-0.25, -0.2) is 8.42 Å². The molecule has 0 amide bonds. The van der Waals surface area contributed by atoms with Gasteiger partial charge in [0.2, 0.25) is 0 Å². The van der Waals surface area contributed by atoms with Crippen LogP contribution < -0.4 is 0 Å². The lowest BCUT2D eigenvalue weighted by Crippen LogP contribution is -2.40. The highest BCUT2D eigenvalue weighted by atomic mass is 32.2. The predicted octanol–water partition coefficient (Wildman–Crippen LogP) is 0.606. The Labute approximate surface area is 97.4 Å². The number of rotatable bonds is 8. The summed E-state index contributed by atoms with van der Waals surface area (Å²) in [6.07, 6.45) is 0.805. The van der Waals surface area contributed by atoms with E-state index in [-0.39, 0.29) is 30.6 Å². The standard InChI is InChI=1S/C10H21NO4S/c1-4-9(3)11(8-10(12)13)6-7-16(14,15)5-2/h9H,4-8H2,1-3H3,(H,12,13). The largest absolute Gasteiger partial charge is 0.480 e. The normalized spacial score (nSPS) is 14.0. The molecule has 1 unspecified atom stereocenters. The van der Waals surface area contributed by atoms with Crippen LogP contribution >= 0.6 is 0 Å². The van der Waals surface area contributed by atoms with Gasteiger partial charge < -0.3 is 5.11 Å². The first-order chi connectivity index (χ1) is 7.32. The van der Waals surface area contributed by atoms with Gasteiger partial charge in [-0.15, -0.1) is 0 Å². The van der Waals surface area contributed by atoms with Crippen LogP contribution in [-0.2, 0) is 14.6 Å². The lowest BCUT2D eigenvalue weighted by atomic mass is 10.2. The molecule has 16 heavy (non-hydrogen) atoms. The molecule has 0 aromatic rings. The summed E-state index contributed by atoms with van der Waals surface area (Å²) in [6, 6.07) is 0.0863. The molecular weight excluding hydrogens is 230 g/mol. The average Bonchev–Trinajstić information content (AvgIpc) is 2.22. The molecule has 96 valence electrons. The van der Waals surface area contributed by atoms with Crippen molar-refractivity contribution in [2.45, 2.75) is 33.2 Å². The third-order valence-electron chi connectivity index (χ3n) is 2.68. The van der Waals surface area contributed by atoms with Crippen LogP contribution in [0.4, 0.5) is 0 Å². The molecule has 1 N–H and O–H groups in total. The summed E-state index contributed by atoms with van der Waals surface area (Å²) in [6.45, 7) is 5.64. The summed E-state index contributed by atoms with van der Waals surface area (Å²) in [5.41, 5.74) is 0. The molecule has 0 aliphatic heterocycles. The second-order valence-corrected chi connectivity index (χ2v) is 6.33. The van der Waals surface area contributed by atoms with Crippen molar-refractivity contribution in [1.82, 2.24) is 4.90 Å². The Morgan fingerprint density at radius 1 is 1.38 bits per heavy atom. The van der Waals surface area contributed by atoms with Gasteiger partial charge in [0.05, 0.1) is 12.3 Å². The van der Waals surface area contributed by atoms with Gasteiger partial charge in [0.25, 0.3) is 0 Å². The number of aliphatic carboxylic acids is 1. The van der Waals surface area contributed by atoms with Crippen molar-refractivity contribution in [3.63, 3.8) is 0 Å². The zero-order valence-electron chi connectivity index (χ0n) is 10.1. The average molecular weight is 251 g/mol. The zero-order chi connectivity index (χ0) is 12.8. The minimum absolute atomic E-state index is 0.0289. The number of hydrogen-bond donors (Lipinski definition) is 1. The highest BCUT2D eigenvalue weighted by Gasteiger charge is 2.18. The van der Waals surface area contributed by atoms with E-state index in [1.807, 2.05) is 13.8 Å². The fourth-order valence-corrected chi connectivity index (χ4v) is 2.09. The van der Waals surface area contributed by atoms with Crippen molar-refractivity contribution in [2.75, 3.05) is 24.6 Å². The second-order valence-electron chi connectivity index (χ2n) is 3.86. The number of carboxylic acid groups (broad SMARTS) is 1. The monoisotopic (exact) mass is 251 g/mol. The maximum absolute atomic E-state index is 11.3. The Kier molecular flexibility index (Phi) is 6.59. The summed E-state index contributed by atoms with van der Waals surface area (Å²) in [5, 5.41) is 8.72. The molecule has 0 aromatic heterocycles. The van der Waals surface area contributed by atoms with Crippen LogP contribution in [0.2, 0.25) is 0 Å². The van der Waals surface area contributed by atoms with Gasteiger partial charge in [-0.2, -0.15) is 0 Å². The second kappa shape index (κ2) is 6.85. The van der Waals surface area contributed by atoms with E-state index in [1.54, 1.807) is 11.8 Å². The quantitative estimate of drug-likeness (QED) is 0.684. The van der Waals surface area contributed by atoms with E-state index in [0.29, 0.717) is 0 Å². The fourth-order valence-electron chi connectivity index (χ4n) is 1.29. The lowest BCUT2D eigenvalue weighted by Gasteiger charge is -2.26. The van der Waals surface area contributed by atoms with Gasteiger partial charge in [-0.1, -0.05) is 13.8 Å². The third-order valence-corrected chi connectivity index (χ3v) is 4.37. The molecule has 0 saturated carbocycles. The van der Waals surface area contributed by atoms with E-state index >= 15 is 0 Å². The molecule has 0 aliphatic rings. The lowest BCUT2D eigenvalue weighted by molar-refractivity contribution is -0.138. The molecule has 0 heterocycles. The van der Waals surface area contributed by atoms with Crippen LogP contribution in [0.3, 0.4) is 0 Å². The van der Waals surface area contributed by atoms with Gasteiger partial charge >= 0.3 is 5.97 Å². The number of carboxylic acids is 1. The van der Waals surface area contributed by atoms with E-state index in [0.717, 1.165) is 6.42 Å². The number of hydrogen-bond acceptors (Lipinski definition) is 4. The number of nitrogens with zero attached hydrogens (tertiary/aromatic N) is 1. The van der Waals surface area contributed by atoms with Crippen molar-refractivity contribution in [2.24, 2.45) is 0 Å². The van der Waals surface area contributed by atoms with Crippen molar-refractivity contribution in [1.29, 1.82) is 0 Å². The molecule has 0 rings (SSSR count). The van der Waals surface area contributed by atoms with Gasteiger partial charge in [0, 0.05) is 18.3 Å². The Balaban J connectivity index is 4.38. The molecule has 1 atom stereocenters. The van der Waals surface area contributed by atoms with E-state index in [4.69, 9.17) is 5.11 Å². The van der Waals surface area contributed by atoms with Crippen LogP contribution in [-0.4, -0.2) is 55.0 Å². The summed E-state index contributed by atoms with van der Waals surface area (Å²) >= 11 is 0. The van der Waals surface area contributed by atoms with Crippen LogP contribution in [0, 0.1) is 0 Å².